The lowest BCUT2D eigenvalue weighted by molar-refractivity contribution is -0.138. The maximum atomic E-state index is 11.0. The fourth-order valence-corrected chi connectivity index (χ4v) is 1.33. The summed E-state index contributed by atoms with van der Waals surface area (Å²) in [6.45, 7) is 2.19. The zero-order valence-corrected chi connectivity index (χ0v) is 12.8. The number of esters is 1. The van der Waals surface area contributed by atoms with Crippen molar-refractivity contribution < 1.29 is 19.4 Å². The van der Waals surface area contributed by atoms with Gasteiger partial charge in [-0.3, -0.25) is 4.79 Å². The maximum absolute atomic E-state index is 11.0. The molecule has 0 aromatic heterocycles. The molecule has 0 aliphatic carbocycles. The molecule has 1 aromatic carbocycles. The van der Waals surface area contributed by atoms with Crippen LogP contribution in [0, 0.1) is 0 Å². The third kappa shape index (κ3) is 9.87. The van der Waals surface area contributed by atoms with Crippen LogP contribution in [-0.2, 0) is 9.59 Å². The number of rotatable bonds is 7. The SMILES string of the molecule is C[C@H](N)C(=O)Oc1ccccc1.NCCCC[C@H](N)C(=O)O. The van der Waals surface area contributed by atoms with Gasteiger partial charge in [-0.25, -0.2) is 4.79 Å². The minimum Gasteiger partial charge on any atom is -0.480 e. The van der Waals surface area contributed by atoms with E-state index in [9.17, 15) is 9.59 Å². The van der Waals surface area contributed by atoms with E-state index in [1.807, 2.05) is 6.07 Å². The van der Waals surface area contributed by atoms with E-state index < -0.39 is 24.0 Å². The van der Waals surface area contributed by atoms with Gasteiger partial charge in [0.2, 0.25) is 0 Å². The van der Waals surface area contributed by atoms with Crippen LogP contribution in [0.2, 0.25) is 0 Å². The average Bonchev–Trinajstić information content (AvgIpc) is 2.48. The molecule has 124 valence electrons. The van der Waals surface area contributed by atoms with Crippen LogP contribution >= 0.6 is 0 Å². The van der Waals surface area contributed by atoms with Crippen molar-refractivity contribution in [2.75, 3.05) is 6.54 Å². The van der Waals surface area contributed by atoms with E-state index in [-0.39, 0.29) is 0 Å². The van der Waals surface area contributed by atoms with Crippen LogP contribution in [0.15, 0.2) is 30.3 Å². The second-order valence-electron chi connectivity index (χ2n) is 4.75. The van der Waals surface area contributed by atoms with E-state index in [1.54, 1.807) is 31.2 Å². The van der Waals surface area contributed by atoms with Gasteiger partial charge in [0, 0.05) is 0 Å². The molecular formula is C15H25N3O4. The summed E-state index contributed by atoms with van der Waals surface area (Å²) in [5.41, 5.74) is 15.7. The van der Waals surface area contributed by atoms with Gasteiger partial charge < -0.3 is 27.0 Å². The van der Waals surface area contributed by atoms with Crippen molar-refractivity contribution in [3.8, 4) is 5.75 Å². The number of nitrogens with two attached hydrogens (primary N) is 3. The number of ether oxygens (including phenoxy) is 1. The first-order valence-electron chi connectivity index (χ1n) is 7.09. The van der Waals surface area contributed by atoms with Crippen molar-refractivity contribution in [3.63, 3.8) is 0 Å². The first kappa shape index (κ1) is 20.0. The molecule has 0 radical (unpaired) electrons. The highest BCUT2D eigenvalue weighted by Crippen LogP contribution is 2.08. The molecule has 0 unspecified atom stereocenters. The summed E-state index contributed by atoms with van der Waals surface area (Å²) in [4.78, 5) is 21.1. The Labute approximate surface area is 130 Å². The summed E-state index contributed by atoms with van der Waals surface area (Å²) in [6, 6.07) is 7.56. The van der Waals surface area contributed by atoms with Crippen molar-refractivity contribution in [3.05, 3.63) is 30.3 Å². The molecule has 0 amide bonds. The number of hydrogen-bond donors (Lipinski definition) is 4. The van der Waals surface area contributed by atoms with Crippen molar-refractivity contribution in [2.45, 2.75) is 38.3 Å². The molecule has 2 atom stereocenters. The predicted molar refractivity (Wildman–Crippen MR) is 84.2 cm³/mol. The fourth-order valence-electron chi connectivity index (χ4n) is 1.33. The third-order valence-electron chi connectivity index (χ3n) is 2.62. The molecule has 0 aliphatic rings. The standard InChI is InChI=1S/C9H11NO2.C6H14N2O2/c1-7(10)9(11)12-8-5-3-2-4-6-8;7-4-2-1-3-5(8)6(9)10/h2-7H,10H2,1H3;5H,1-4,7-8H2,(H,9,10)/t7-;5-/m00/s1. The van der Waals surface area contributed by atoms with Crippen LogP contribution in [0.25, 0.3) is 0 Å². The summed E-state index contributed by atoms with van der Waals surface area (Å²) in [5, 5.41) is 8.33. The molecule has 0 fully saturated rings. The molecule has 7 heteroatoms. The van der Waals surface area contributed by atoms with Crippen molar-refractivity contribution in [1.29, 1.82) is 0 Å². The number of carboxylic acid groups (broad SMARTS) is 1. The van der Waals surface area contributed by atoms with Gasteiger partial charge >= 0.3 is 11.9 Å². The summed E-state index contributed by atoms with van der Waals surface area (Å²) >= 11 is 0. The lowest BCUT2D eigenvalue weighted by Gasteiger charge is -2.05. The molecule has 7 nitrogen and oxygen atoms in total. The minimum absolute atomic E-state index is 0.416. The molecule has 0 heterocycles. The number of hydrogen-bond acceptors (Lipinski definition) is 6. The molecule has 22 heavy (non-hydrogen) atoms. The molecule has 0 spiro atoms. The van der Waals surface area contributed by atoms with E-state index in [2.05, 4.69) is 0 Å². The number of aliphatic carboxylic acids is 1. The van der Waals surface area contributed by atoms with Gasteiger partial charge in [0.1, 0.15) is 17.8 Å². The molecule has 1 rings (SSSR count). The monoisotopic (exact) mass is 311 g/mol. The van der Waals surface area contributed by atoms with Gasteiger partial charge in [-0.1, -0.05) is 24.6 Å². The number of benzene rings is 1. The van der Waals surface area contributed by atoms with Gasteiger partial charge in [0.25, 0.3) is 0 Å². The minimum atomic E-state index is -0.933. The zero-order chi connectivity index (χ0) is 17.0. The molecule has 0 bridgehead atoms. The van der Waals surface area contributed by atoms with E-state index in [1.165, 1.54) is 0 Å². The van der Waals surface area contributed by atoms with Gasteiger partial charge in [-0.2, -0.15) is 0 Å². The smallest absolute Gasteiger partial charge is 0.328 e. The van der Waals surface area contributed by atoms with E-state index in [4.69, 9.17) is 27.0 Å². The lowest BCUT2D eigenvalue weighted by atomic mass is 10.1. The summed E-state index contributed by atoms with van der Waals surface area (Å²) in [7, 11) is 0. The first-order valence-corrected chi connectivity index (χ1v) is 7.09. The van der Waals surface area contributed by atoms with Crippen molar-refractivity contribution in [1.82, 2.24) is 0 Å². The highest BCUT2D eigenvalue weighted by Gasteiger charge is 2.09. The normalized spacial score (nSPS) is 12.5. The van der Waals surface area contributed by atoms with Gasteiger partial charge in [0.05, 0.1) is 0 Å². The third-order valence-corrected chi connectivity index (χ3v) is 2.62. The molecule has 1 aromatic rings. The maximum Gasteiger partial charge on any atom is 0.328 e. The number of carboxylic acids is 1. The van der Waals surface area contributed by atoms with Crippen LogP contribution in [0.3, 0.4) is 0 Å². The van der Waals surface area contributed by atoms with Gasteiger partial charge in [-0.05, 0) is 38.4 Å². The van der Waals surface area contributed by atoms with Gasteiger partial charge in [-0.15, -0.1) is 0 Å². The highest BCUT2D eigenvalue weighted by molar-refractivity contribution is 5.77. The average molecular weight is 311 g/mol. The number of carbonyl (C=O) groups is 2. The summed E-state index contributed by atoms with van der Waals surface area (Å²) in [6.07, 6.45) is 2.16. The number of carbonyl (C=O) groups excluding carboxylic acids is 1. The Morgan fingerprint density at radius 3 is 2.23 bits per heavy atom. The van der Waals surface area contributed by atoms with Crippen molar-refractivity contribution >= 4 is 11.9 Å². The number of unbranched alkanes of at least 4 members (excludes halogenated alkanes) is 1. The van der Waals surface area contributed by atoms with Crippen LogP contribution < -0.4 is 21.9 Å². The molecule has 0 saturated heterocycles. The molecule has 7 N–H and O–H groups in total. The Bertz CT molecular complexity index is 438. The van der Waals surface area contributed by atoms with Crippen LogP contribution in [0.4, 0.5) is 0 Å². The van der Waals surface area contributed by atoms with Crippen LogP contribution in [0.1, 0.15) is 26.2 Å². The fraction of sp³-hybridized carbons (Fsp3) is 0.467. The molecule has 0 aliphatic heterocycles. The Morgan fingerprint density at radius 2 is 1.77 bits per heavy atom. The first-order chi connectivity index (χ1) is 10.4. The Morgan fingerprint density at radius 1 is 1.18 bits per heavy atom. The Hall–Kier alpha value is -1.96. The second kappa shape index (κ2) is 11.7. The van der Waals surface area contributed by atoms with E-state index in [0.717, 1.165) is 12.8 Å². The predicted octanol–water partition coefficient (Wildman–Crippen LogP) is 0.467. The molecular weight excluding hydrogens is 286 g/mol. The van der Waals surface area contributed by atoms with E-state index in [0.29, 0.717) is 18.7 Å². The van der Waals surface area contributed by atoms with Gasteiger partial charge in [0.15, 0.2) is 0 Å². The summed E-state index contributed by atoms with van der Waals surface area (Å²) in [5.74, 6) is -0.821. The zero-order valence-electron chi connectivity index (χ0n) is 12.8. The highest BCUT2D eigenvalue weighted by atomic mass is 16.5. The second-order valence-corrected chi connectivity index (χ2v) is 4.75. The Kier molecular flexibility index (Phi) is 10.6. The Balaban J connectivity index is 0.000000409. The number of para-hydroxylation sites is 1. The van der Waals surface area contributed by atoms with Crippen LogP contribution in [0.5, 0.6) is 5.75 Å². The summed E-state index contributed by atoms with van der Waals surface area (Å²) < 4.78 is 4.91. The molecule has 0 saturated carbocycles. The van der Waals surface area contributed by atoms with E-state index >= 15 is 0 Å². The largest absolute Gasteiger partial charge is 0.480 e. The topological polar surface area (TPSA) is 142 Å². The van der Waals surface area contributed by atoms with Crippen molar-refractivity contribution in [2.24, 2.45) is 17.2 Å². The lowest BCUT2D eigenvalue weighted by Crippen LogP contribution is -2.30. The quantitative estimate of drug-likeness (QED) is 0.325. The van der Waals surface area contributed by atoms with Crippen LogP contribution in [-0.4, -0.2) is 35.7 Å².